The fourth-order valence-corrected chi connectivity index (χ4v) is 1.98. The van der Waals surface area contributed by atoms with Crippen LogP contribution in [0.15, 0.2) is 0 Å². The molecule has 0 atom stereocenters. The third kappa shape index (κ3) is 3.86. The van der Waals surface area contributed by atoms with E-state index in [-0.39, 0.29) is 0 Å². The molecule has 102 valence electrons. The molecular weight excluding hydrogens is 224 g/mol. The van der Waals surface area contributed by atoms with E-state index in [4.69, 9.17) is 5.73 Å². The lowest BCUT2D eigenvalue weighted by atomic mass is 10.2. The number of hydrogen-bond donors (Lipinski definition) is 1. The van der Waals surface area contributed by atoms with Crippen molar-refractivity contribution < 1.29 is 0 Å². The first-order chi connectivity index (χ1) is 8.60. The monoisotopic (exact) mass is 250 g/mol. The Bertz CT molecular complexity index is 376. The van der Waals surface area contributed by atoms with Crippen LogP contribution in [0.3, 0.4) is 0 Å². The van der Waals surface area contributed by atoms with Crippen molar-refractivity contribution in [2.75, 3.05) is 24.2 Å². The fraction of sp³-hybridized carbons (Fsp3) is 0.714. The van der Waals surface area contributed by atoms with Crippen molar-refractivity contribution in [1.29, 1.82) is 0 Å². The molecule has 0 aliphatic heterocycles. The lowest BCUT2D eigenvalue weighted by Gasteiger charge is -2.21. The fourth-order valence-electron chi connectivity index (χ4n) is 1.98. The predicted molar refractivity (Wildman–Crippen MR) is 78.0 cm³/mol. The second kappa shape index (κ2) is 7.19. The largest absolute Gasteiger partial charge is 0.383 e. The number of nitrogens with two attached hydrogens (primary N) is 1. The van der Waals surface area contributed by atoms with Crippen LogP contribution >= 0.6 is 0 Å². The van der Waals surface area contributed by atoms with E-state index >= 15 is 0 Å². The summed E-state index contributed by atoms with van der Waals surface area (Å²) in [5.41, 5.74) is 6.96. The van der Waals surface area contributed by atoms with Crippen molar-refractivity contribution in [2.24, 2.45) is 0 Å². The molecule has 1 heterocycles. The molecule has 0 amide bonds. The number of anilines is 2. The van der Waals surface area contributed by atoms with Gasteiger partial charge in [-0.3, -0.25) is 0 Å². The summed E-state index contributed by atoms with van der Waals surface area (Å²) in [6, 6.07) is 0. The van der Waals surface area contributed by atoms with Gasteiger partial charge in [0, 0.05) is 25.6 Å². The third-order valence-electron chi connectivity index (χ3n) is 3.14. The number of nitrogens with zero attached hydrogens (tertiary/aromatic N) is 3. The van der Waals surface area contributed by atoms with E-state index in [1.807, 2.05) is 6.92 Å². The van der Waals surface area contributed by atoms with Gasteiger partial charge in [-0.1, -0.05) is 26.7 Å². The van der Waals surface area contributed by atoms with Crippen molar-refractivity contribution in [3.8, 4) is 0 Å². The summed E-state index contributed by atoms with van der Waals surface area (Å²) in [4.78, 5) is 11.2. The highest BCUT2D eigenvalue weighted by Gasteiger charge is 2.11. The summed E-state index contributed by atoms with van der Waals surface area (Å²) in [6.45, 7) is 7.37. The zero-order valence-corrected chi connectivity index (χ0v) is 12.2. The average Bonchev–Trinajstić information content (AvgIpc) is 2.34. The Morgan fingerprint density at radius 3 is 2.44 bits per heavy atom. The minimum Gasteiger partial charge on any atom is -0.383 e. The number of unbranched alkanes of at least 4 members (excludes halogenated alkanes) is 2. The molecule has 0 saturated heterocycles. The Morgan fingerprint density at radius 2 is 1.83 bits per heavy atom. The van der Waals surface area contributed by atoms with Crippen LogP contribution in [-0.4, -0.2) is 23.6 Å². The first-order valence-corrected chi connectivity index (χ1v) is 6.94. The molecule has 0 aliphatic carbocycles. The highest BCUT2D eigenvalue weighted by Crippen LogP contribution is 2.21. The summed E-state index contributed by atoms with van der Waals surface area (Å²) >= 11 is 0. The van der Waals surface area contributed by atoms with Gasteiger partial charge in [0.2, 0.25) is 0 Å². The van der Waals surface area contributed by atoms with E-state index in [1.54, 1.807) is 0 Å². The first kappa shape index (κ1) is 14.7. The molecule has 0 fully saturated rings. The van der Waals surface area contributed by atoms with Gasteiger partial charge in [-0.15, -0.1) is 0 Å². The normalized spacial score (nSPS) is 10.7. The molecule has 1 rings (SSSR count). The number of hydrogen-bond acceptors (Lipinski definition) is 4. The molecular formula is C14H26N4. The quantitative estimate of drug-likeness (QED) is 0.756. The molecule has 18 heavy (non-hydrogen) atoms. The van der Waals surface area contributed by atoms with Gasteiger partial charge in [0.25, 0.3) is 0 Å². The Morgan fingerprint density at radius 1 is 1.11 bits per heavy atom. The second-order valence-corrected chi connectivity index (χ2v) is 4.85. The van der Waals surface area contributed by atoms with Gasteiger partial charge in [0.05, 0.1) is 0 Å². The van der Waals surface area contributed by atoms with Crippen molar-refractivity contribution in [1.82, 2.24) is 9.97 Å². The van der Waals surface area contributed by atoms with Gasteiger partial charge < -0.3 is 10.6 Å². The van der Waals surface area contributed by atoms with E-state index in [2.05, 4.69) is 35.8 Å². The third-order valence-corrected chi connectivity index (χ3v) is 3.14. The van der Waals surface area contributed by atoms with Crippen LogP contribution in [-0.2, 0) is 6.42 Å². The molecule has 0 unspecified atom stereocenters. The lowest BCUT2D eigenvalue weighted by molar-refractivity contribution is 0.697. The van der Waals surface area contributed by atoms with Crippen molar-refractivity contribution in [2.45, 2.75) is 52.9 Å². The zero-order valence-electron chi connectivity index (χ0n) is 12.2. The van der Waals surface area contributed by atoms with Crippen LogP contribution < -0.4 is 10.6 Å². The van der Waals surface area contributed by atoms with Crippen LogP contribution in [0.4, 0.5) is 11.6 Å². The Kier molecular flexibility index (Phi) is 5.89. The highest BCUT2D eigenvalue weighted by molar-refractivity contribution is 5.56. The summed E-state index contributed by atoms with van der Waals surface area (Å²) < 4.78 is 0. The summed E-state index contributed by atoms with van der Waals surface area (Å²) in [6.07, 6.45) is 5.62. The van der Waals surface area contributed by atoms with Crippen LogP contribution in [0.1, 0.15) is 50.9 Å². The van der Waals surface area contributed by atoms with E-state index in [0.717, 1.165) is 36.6 Å². The van der Waals surface area contributed by atoms with Crippen LogP contribution in [0, 0.1) is 6.92 Å². The number of rotatable bonds is 7. The molecule has 0 radical (unpaired) electrons. The van der Waals surface area contributed by atoms with Crippen molar-refractivity contribution in [3.05, 3.63) is 11.4 Å². The molecule has 0 spiro atoms. The van der Waals surface area contributed by atoms with Crippen LogP contribution in [0.2, 0.25) is 0 Å². The van der Waals surface area contributed by atoms with Gasteiger partial charge in [-0.05, 0) is 19.8 Å². The number of nitrogen functional groups attached to an aromatic ring is 1. The predicted octanol–water partition coefficient (Wildman–Crippen LogP) is 2.95. The molecule has 0 aromatic carbocycles. The second-order valence-electron chi connectivity index (χ2n) is 4.85. The molecule has 0 saturated carbocycles. The van der Waals surface area contributed by atoms with E-state index in [9.17, 15) is 0 Å². The highest BCUT2D eigenvalue weighted by atomic mass is 15.2. The molecule has 1 aromatic heterocycles. The maximum absolute atomic E-state index is 5.97. The Balaban J connectivity index is 2.84. The molecule has 0 bridgehead atoms. The molecule has 2 N–H and O–H groups in total. The molecule has 4 nitrogen and oxygen atoms in total. The zero-order chi connectivity index (χ0) is 13.5. The Hall–Kier alpha value is -1.32. The van der Waals surface area contributed by atoms with Crippen molar-refractivity contribution in [3.63, 3.8) is 0 Å². The maximum atomic E-state index is 5.97. The number of aryl methyl sites for hydroxylation is 1. The summed E-state index contributed by atoms with van der Waals surface area (Å²) in [7, 11) is 2.08. The number of aromatic nitrogens is 2. The average molecular weight is 250 g/mol. The van der Waals surface area contributed by atoms with E-state index < -0.39 is 0 Å². The van der Waals surface area contributed by atoms with Gasteiger partial charge in [0.1, 0.15) is 17.5 Å². The lowest BCUT2D eigenvalue weighted by Crippen LogP contribution is -2.22. The summed E-state index contributed by atoms with van der Waals surface area (Å²) in [5.74, 6) is 2.46. The van der Waals surface area contributed by atoms with Crippen molar-refractivity contribution >= 4 is 11.6 Å². The van der Waals surface area contributed by atoms with Crippen LogP contribution in [0.25, 0.3) is 0 Å². The maximum Gasteiger partial charge on any atom is 0.137 e. The molecule has 4 heteroatoms. The molecule has 0 aliphatic rings. The van der Waals surface area contributed by atoms with Gasteiger partial charge in [-0.25, -0.2) is 9.97 Å². The van der Waals surface area contributed by atoms with E-state index in [1.165, 1.54) is 19.3 Å². The van der Waals surface area contributed by atoms with Gasteiger partial charge in [0.15, 0.2) is 0 Å². The Labute approximate surface area is 111 Å². The molecule has 1 aromatic rings. The smallest absolute Gasteiger partial charge is 0.137 e. The topological polar surface area (TPSA) is 55.0 Å². The van der Waals surface area contributed by atoms with Gasteiger partial charge >= 0.3 is 0 Å². The SMILES string of the molecule is CCCCCN(C)c1nc(CCC)nc(N)c1C. The minimum absolute atomic E-state index is 0.616. The summed E-state index contributed by atoms with van der Waals surface area (Å²) in [5, 5.41) is 0. The standard InChI is InChI=1S/C14H26N4/c1-5-7-8-10-18(4)14-11(3)13(15)16-12(17-14)9-6-2/h5-10H2,1-4H3,(H2,15,16,17). The van der Waals surface area contributed by atoms with Gasteiger partial charge in [-0.2, -0.15) is 0 Å². The van der Waals surface area contributed by atoms with E-state index in [0.29, 0.717) is 5.82 Å². The first-order valence-electron chi connectivity index (χ1n) is 6.94. The minimum atomic E-state index is 0.616. The van der Waals surface area contributed by atoms with Crippen LogP contribution in [0.5, 0.6) is 0 Å².